The smallest absolute Gasteiger partial charge is 0.335 e. The van der Waals surface area contributed by atoms with E-state index in [-0.39, 0.29) is 11.7 Å². The van der Waals surface area contributed by atoms with Gasteiger partial charge in [0.05, 0.1) is 5.56 Å². The molecule has 1 fully saturated rings. The van der Waals surface area contributed by atoms with E-state index in [9.17, 15) is 13.6 Å². The lowest BCUT2D eigenvalue weighted by atomic mass is 10.1. The largest absolute Gasteiger partial charge is 0.478 e. The van der Waals surface area contributed by atoms with Crippen molar-refractivity contribution in [2.24, 2.45) is 0 Å². The highest BCUT2D eigenvalue weighted by molar-refractivity contribution is 5.88. The van der Waals surface area contributed by atoms with Crippen LogP contribution in [0, 0.1) is 11.6 Å². The Balaban J connectivity index is 2.03. The summed E-state index contributed by atoms with van der Waals surface area (Å²) in [5.74, 6) is -3.10. The molecule has 1 heterocycles. The lowest BCUT2D eigenvalue weighted by Crippen LogP contribution is -2.35. The molecule has 0 spiro atoms. The van der Waals surface area contributed by atoms with Crippen molar-refractivity contribution in [3.63, 3.8) is 0 Å². The fourth-order valence-corrected chi connectivity index (χ4v) is 2.43. The molecule has 1 aromatic carbocycles. The number of nitrogens with one attached hydrogen (secondary N) is 1. The first-order valence-electron chi connectivity index (χ1n) is 6.69. The van der Waals surface area contributed by atoms with Crippen LogP contribution in [0.1, 0.15) is 30.1 Å². The van der Waals surface area contributed by atoms with Gasteiger partial charge < -0.3 is 10.4 Å². The number of likely N-dealkylation sites (tertiary alicyclic amines) is 1. The first-order chi connectivity index (χ1) is 9.49. The summed E-state index contributed by atoms with van der Waals surface area (Å²) in [4.78, 5) is 13.0. The van der Waals surface area contributed by atoms with Gasteiger partial charge in [0.1, 0.15) is 17.3 Å². The van der Waals surface area contributed by atoms with Crippen LogP contribution in [0.4, 0.5) is 14.5 Å². The van der Waals surface area contributed by atoms with Crippen molar-refractivity contribution in [3.8, 4) is 0 Å². The van der Waals surface area contributed by atoms with Gasteiger partial charge in [-0.25, -0.2) is 13.6 Å². The quantitative estimate of drug-likeness (QED) is 0.872. The predicted octanol–water partition coefficient (Wildman–Crippen LogP) is 2.56. The summed E-state index contributed by atoms with van der Waals surface area (Å²) in [6, 6.07) is 1.83. The number of nitrogens with zero attached hydrogens (tertiary/aromatic N) is 1. The lowest BCUT2D eigenvalue weighted by Gasteiger charge is -2.24. The normalized spacial score (nSPS) is 17.1. The zero-order valence-electron chi connectivity index (χ0n) is 11.3. The Kier molecular flexibility index (Phi) is 4.54. The van der Waals surface area contributed by atoms with Crippen molar-refractivity contribution < 1.29 is 18.7 Å². The Labute approximate surface area is 116 Å². The summed E-state index contributed by atoms with van der Waals surface area (Å²) >= 11 is 0. The van der Waals surface area contributed by atoms with Crippen LogP contribution in [0.3, 0.4) is 0 Å². The molecule has 2 rings (SSSR count). The van der Waals surface area contributed by atoms with Gasteiger partial charge in [-0.15, -0.1) is 0 Å². The molecule has 4 nitrogen and oxygen atoms in total. The van der Waals surface area contributed by atoms with Gasteiger partial charge in [-0.1, -0.05) is 0 Å². The Hall–Kier alpha value is -1.69. The molecule has 110 valence electrons. The fourth-order valence-electron chi connectivity index (χ4n) is 2.43. The molecule has 0 aromatic heterocycles. The van der Waals surface area contributed by atoms with Crippen LogP contribution in [-0.4, -0.2) is 41.7 Å². The molecule has 1 unspecified atom stereocenters. The molecule has 0 radical (unpaired) electrons. The third kappa shape index (κ3) is 3.25. The number of carboxylic acids is 1. The molecule has 1 saturated heterocycles. The Morgan fingerprint density at radius 2 is 1.90 bits per heavy atom. The minimum atomic E-state index is -1.35. The maximum Gasteiger partial charge on any atom is 0.335 e. The van der Waals surface area contributed by atoms with Crippen molar-refractivity contribution in [1.82, 2.24) is 4.90 Å². The predicted molar refractivity (Wildman–Crippen MR) is 72.1 cm³/mol. The van der Waals surface area contributed by atoms with Gasteiger partial charge in [-0.05, 0) is 45.0 Å². The van der Waals surface area contributed by atoms with E-state index in [1.54, 1.807) is 0 Å². The molecule has 20 heavy (non-hydrogen) atoms. The Bertz CT molecular complexity index is 479. The maximum absolute atomic E-state index is 13.7. The van der Waals surface area contributed by atoms with Crippen molar-refractivity contribution >= 4 is 11.7 Å². The average Bonchev–Trinajstić information content (AvgIpc) is 2.91. The third-order valence-corrected chi connectivity index (χ3v) is 3.63. The molecule has 0 saturated carbocycles. The molecule has 6 heteroatoms. The second-order valence-electron chi connectivity index (χ2n) is 5.09. The summed E-state index contributed by atoms with van der Waals surface area (Å²) in [5.41, 5.74) is -0.654. The van der Waals surface area contributed by atoms with Gasteiger partial charge in [0.2, 0.25) is 0 Å². The van der Waals surface area contributed by atoms with Crippen LogP contribution in [-0.2, 0) is 0 Å². The van der Waals surface area contributed by atoms with Crippen LogP contribution in [0.25, 0.3) is 0 Å². The number of rotatable bonds is 5. The van der Waals surface area contributed by atoms with Gasteiger partial charge in [0.15, 0.2) is 0 Å². The molecular weight excluding hydrogens is 266 g/mol. The second kappa shape index (κ2) is 6.17. The third-order valence-electron chi connectivity index (χ3n) is 3.63. The van der Waals surface area contributed by atoms with Crippen LogP contribution in [0.2, 0.25) is 0 Å². The minimum absolute atomic E-state index is 0.176. The van der Waals surface area contributed by atoms with Gasteiger partial charge in [-0.2, -0.15) is 0 Å². The van der Waals surface area contributed by atoms with Crippen LogP contribution >= 0.6 is 0 Å². The highest BCUT2D eigenvalue weighted by Gasteiger charge is 2.19. The SMILES string of the molecule is CC(CNc1c(F)cc(C(=O)O)cc1F)N1CCCC1. The Morgan fingerprint density at radius 1 is 1.35 bits per heavy atom. The van der Waals surface area contributed by atoms with Crippen molar-refractivity contribution in [2.75, 3.05) is 25.0 Å². The highest BCUT2D eigenvalue weighted by atomic mass is 19.1. The number of carbonyl (C=O) groups is 1. The summed E-state index contributed by atoms with van der Waals surface area (Å²) in [6.45, 7) is 4.43. The zero-order chi connectivity index (χ0) is 14.7. The van der Waals surface area contributed by atoms with Gasteiger partial charge >= 0.3 is 5.97 Å². The number of hydrogen-bond acceptors (Lipinski definition) is 3. The van der Waals surface area contributed by atoms with Crippen molar-refractivity contribution in [3.05, 3.63) is 29.3 Å². The van der Waals surface area contributed by atoms with E-state index in [0.29, 0.717) is 6.54 Å². The lowest BCUT2D eigenvalue weighted by molar-refractivity contribution is 0.0696. The zero-order valence-corrected chi connectivity index (χ0v) is 11.3. The summed E-state index contributed by atoms with van der Waals surface area (Å²) in [7, 11) is 0. The summed E-state index contributed by atoms with van der Waals surface area (Å²) in [6.07, 6.45) is 2.31. The molecule has 0 amide bonds. The molecular formula is C14H18F2N2O2. The first kappa shape index (κ1) is 14.7. The number of hydrogen-bond donors (Lipinski definition) is 2. The monoisotopic (exact) mass is 284 g/mol. The maximum atomic E-state index is 13.7. The van der Waals surface area contributed by atoms with Crippen molar-refractivity contribution in [1.29, 1.82) is 0 Å². The van der Waals surface area contributed by atoms with Gasteiger partial charge in [-0.3, -0.25) is 4.90 Å². The van der Waals surface area contributed by atoms with Gasteiger partial charge in [0.25, 0.3) is 0 Å². The number of aromatic carboxylic acids is 1. The van der Waals surface area contributed by atoms with Crippen LogP contribution < -0.4 is 5.32 Å². The van der Waals surface area contributed by atoms with Crippen LogP contribution in [0.5, 0.6) is 0 Å². The van der Waals surface area contributed by atoms with E-state index in [2.05, 4.69) is 10.2 Å². The fraction of sp³-hybridized carbons (Fsp3) is 0.500. The number of halogens is 2. The van der Waals surface area contributed by atoms with Crippen LogP contribution in [0.15, 0.2) is 12.1 Å². The average molecular weight is 284 g/mol. The topological polar surface area (TPSA) is 52.6 Å². The van der Waals surface area contributed by atoms with E-state index in [0.717, 1.165) is 38.1 Å². The van der Waals surface area contributed by atoms with E-state index >= 15 is 0 Å². The van der Waals surface area contributed by atoms with E-state index < -0.39 is 23.2 Å². The number of carboxylic acid groups (broad SMARTS) is 1. The minimum Gasteiger partial charge on any atom is -0.478 e. The molecule has 2 N–H and O–H groups in total. The Morgan fingerprint density at radius 3 is 2.40 bits per heavy atom. The number of benzene rings is 1. The summed E-state index contributed by atoms with van der Waals surface area (Å²) < 4.78 is 27.4. The molecule has 0 bridgehead atoms. The highest BCUT2D eigenvalue weighted by Crippen LogP contribution is 2.21. The van der Waals surface area contributed by atoms with Gasteiger partial charge in [0, 0.05) is 12.6 Å². The first-order valence-corrected chi connectivity index (χ1v) is 6.69. The molecule has 1 atom stereocenters. The van der Waals surface area contributed by atoms with E-state index in [1.807, 2.05) is 6.92 Å². The molecule has 1 aliphatic heterocycles. The number of anilines is 1. The molecule has 1 aliphatic rings. The standard InChI is InChI=1S/C14H18F2N2O2/c1-9(18-4-2-3-5-18)8-17-13-11(15)6-10(14(19)20)7-12(13)16/h6-7,9,17H,2-5,8H2,1H3,(H,19,20). The van der Waals surface area contributed by atoms with E-state index in [4.69, 9.17) is 5.11 Å². The van der Waals surface area contributed by atoms with E-state index in [1.165, 1.54) is 0 Å². The van der Waals surface area contributed by atoms with Crippen molar-refractivity contribution in [2.45, 2.75) is 25.8 Å². The molecule has 0 aliphatic carbocycles. The second-order valence-corrected chi connectivity index (χ2v) is 5.09. The molecule has 1 aromatic rings. The summed E-state index contributed by atoms with van der Waals surface area (Å²) in [5, 5.41) is 11.5.